The quantitative estimate of drug-likeness (QED) is 0.230. The number of amides is 1. The molecule has 1 heterocycles. The molecule has 40 heavy (non-hydrogen) atoms. The van der Waals surface area contributed by atoms with Gasteiger partial charge in [0.2, 0.25) is 10.0 Å². The highest BCUT2D eigenvalue weighted by atomic mass is 32.2. The van der Waals surface area contributed by atoms with Gasteiger partial charge in [-0.3, -0.25) is 9.10 Å². The van der Waals surface area contributed by atoms with Crippen molar-refractivity contribution in [3.63, 3.8) is 0 Å². The second kappa shape index (κ2) is 11.2. The van der Waals surface area contributed by atoms with Gasteiger partial charge in [-0.25, -0.2) is 12.8 Å². The SMILES string of the molecule is CNC(=O)c1c(-c2ccc(F)cc2)oc2cc(N(C/C=C/c3ccccc3)S(C)(=O)=O)c(-c3ccccc3)cc12. The van der Waals surface area contributed by atoms with Crippen LogP contribution in [-0.4, -0.2) is 34.2 Å². The maximum atomic E-state index is 13.7. The summed E-state index contributed by atoms with van der Waals surface area (Å²) in [6.45, 7) is 0.0763. The van der Waals surface area contributed by atoms with Crippen molar-refractivity contribution in [2.75, 3.05) is 24.2 Å². The molecule has 0 saturated carbocycles. The summed E-state index contributed by atoms with van der Waals surface area (Å²) in [6, 6.07) is 28.1. The van der Waals surface area contributed by atoms with Crippen LogP contribution in [0.25, 0.3) is 39.5 Å². The van der Waals surface area contributed by atoms with Crippen molar-refractivity contribution in [2.45, 2.75) is 0 Å². The number of sulfonamides is 1. The summed E-state index contributed by atoms with van der Waals surface area (Å²) in [7, 11) is -2.21. The van der Waals surface area contributed by atoms with Crippen LogP contribution in [0.3, 0.4) is 0 Å². The zero-order chi connectivity index (χ0) is 28.3. The van der Waals surface area contributed by atoms with E-state index in [9.17, 15) is 17.6 Å². The number of hydrogen-bond donors (Lipinski definition) is 1. The zero-order valence-corrected chi connectivity index (χ0v) is 22.8. The summed E-state index contributed by atoms with van der Waals surface area (Å²) in [6.07, 6.45) is 4.81. The largest absolute Gasteiger partial charge is 0.455 e. The van der Waals surface area contributed by atoms with Crippen molar-refractivity contribution in [1.82, 2.24) is 5.32 Å². The van der Waals surface area contributed by atoms with Crippen LogP contribution in [0.5, 0.6) is 0 Å². The fraction of sp³-hybridized carbons (Fsp3) is 0.0938. The third kappa shape index (κ3) is 5.53. The Bertz CT molecular complexity index is 1800. The van der Waals surface area contributed by atoms with Gasteiger partial charge in [-0.1, -0.05) is 72.8 Å². The maximum absolute atomic E-state index is 13.7. The third-order valence-corrected chi connectivity index (χ3v) is 7.65. The van der Waals surface area contributed by atoms with Gasteiger partial charge < -0.3 is 9.73 Å². The Hall–Kier alpha value is -4.69. The van der Waals surface area contributed by atoms with Gasteiger partial charge in [-0.2, -0.15) is 0 Å². The minimum absolute atomic E-state index is 0.0763. The minimum Gasteiger partial charge on any atom is -0.455 e. The summed E-state index contributed by atoms with van der Waals surface area (Å²) in [5.41, 5.74) is 3.86. The Labute approximate surface area is 232 Å². The second-order valence-corrected chi connectivity index (χ2v) is 11.1. The molecule has 0 unspecified atom stereocenters. The summed E-state index contributed by atoms with van der Waals surface area (Å²) in [5, 5.41) is 3.17. The number of halogens is 1. The summed E-state index contributed by atoms with van der Waals surface area (Å²) >= 11 is 0. The van der Waals surface area contributed by atoms with Gasteiger partial charge in [-0.05, 0) is 41.5 Å². The van der Waals surface area contributed by atoms with E-state index in [0.717, 1.165) is 17.4 Å². The Balaban J connectivity index is 1.74. The summed E-state index contributed by atoms with van der Waals surface area (Å²) in [4.78, 5) is 13.1. The number of benzene rings is 4. The van der Waals surface area contributed by atoms with E-state index in [1.807, 2.05) is 66.7 Å². The molecule has 5 aromatic rings. The van der Waals surface area contributed by atoms with E-state index in [-0.39, 0.29) is 23.8 Å². The molecule has 0 aliphatic carbocycles. The van der Waals surface area contributed by atoms with E-state index in [1.54, 1.807) is 18.2 Å². The average Bonchev–Trinajstić information content (AvgIpc) is 3.33. The Kier molecular flexibility index (Phi) is 7.53. The molecule has 0 atom stereocenters. The van der Waals surface area contributed by atoms with E-state index in [2.05, 4.69) is 5.32 Å². The second-order valence-electron chi connectivity index (χ2n) is 9.23. The lowest BCUT2D eigenvalue weighted by atomic mass is 9.98. The van der Waals surface area contributed by atoms with Crippen LogP contribution in [0, 0.1) is 5.82 Å². The first-order chi connectivity index (χ1) is 19.3. The lowest BCUT2D eigenvalue weighted by Gasteiger charge is -2.24. The standard InChI is InChI=1S/C32H27FN2O4S/c1-34-32(36)30-27-20-26(23-13-7-4-8-14-23)28(21-29(27)39-31(30)24-15-17-25(33)18-16-24)35(40(2,37)38)19-9-12-22-10-5-3-6-11-22/h3-18,20-21H,19H2,1-2H3,(H,34,36)/b12-9+. The molecule has 0 bridgehead atoms. The predicted octanol–water partition coefficient (Wildman–Crippen LogP) is 6.74. The first-order valence-electron chi connectivity index (χ1n) is 12.6. The highest BCUT2D eigenvalue weighted by molar-refractivity contribution is 7.92. The van der Waals surface area contributed by atoms with E-state index in [0.29, 0.717) is 27.8 Å². The molecule has 0 aliphatic heterocycles. The number of anilines is 1. The molecule has 0 spiro atoms. The molecule has 0 saturated heterocycles. The van der Waals surface area contributed by atoms with Crippen LogP contribution in [0.4, 0.5) is 10.1 Å². The van der Waals surface area contributed by atoms with Crippen LogP contribution in [0.2, 0.25) is 0 Å². The minimum atomic E-state index is -3.73. The van der Waals surface area contributed by atoms with Gasteiger partial charge in [-0.15, -0.1) is 0 Å². The van der Waals surface area contributed by atoms with E-state index in [4.69, 9.17) is 4.42 Å². The van der Waals surface area contributed by atoms with Crippen LogP contribution < -0.4 is 9.62 Å². The molecule has 8 heteroatoms. The zero-order valence-electron chi connectivity index (χ0n) is 22.0. The molecule has 4 aromatic carbocycles. The molecule has 1 N–H and O–H groups in total. The van der Waals surface area contributed by atoms with Crippen molar-refractivity contribution in [2.24, 2.45) is 0 Å². The van der Waals surface area contributed by atoms with Gasteiger partial charge in [0.25, 0.3) is 5.91 Å². The highest BCUT2D eigenvalue weighted by Crippen LogP contribution is 2.41. The molecule has 0 fully saturated rings. The normalized spacial score (nSPS) is 11.7. The number of nitrogens with one attached hydrogen (secondary N) is 1. The van der Waals surface area contributed by atoms with Crippen molar-refractivity contribution >= 4 is 38.7 Å². The summed E-state index contributed by atoms with van der Waals surface area (Å²) in [5.74, 6) is -0.529. The van der Waals surface area contributed by atoms with Crippen molar-refractivity contribution in [1.29, 1.82) is 0 Å². The third-order valence-electron chi connectivity index (χ3n) is 6.50. The lowest BCUT2D eigenvalue weighted by Crippen LogP contribution is -2.30. The van der Waals surface area contributed by atoms with Gasteiger partial charge in [0.15, 0.2) is 0 Å². The molecular formula is C32H27FN2O4S. The van der Waals surface area contributed by atoms with Gasteiger partial charge in [0, 0.05) is 29.6 Å². The number of hydrogen-bond acceptors (Lipinski definition) is 4. The van der Waals surface area contributed by atoms with E-state index in [1.165, 1.54) is 35.6 Å². The van der Waals surface area contributed by atoms with Gasteiger partial charge >= 0.3 is 0 Å². The Morgan fingerprint density at radius 3 is 2.20 bits per heavy atom. The average molecular weight is 555 g/mol. The number of rotatable bonds is 8. The van der Waals surface area contributed by atoms with E-state index >= 15 is 0 Å². The first kappa shape index (κ1) is 26.9. The predicted molar refractivity (Wildman–Crippen MR) is 158 cm³/mol. The van der Waals surface area contributed by atoms with Crippen molar-refractivity contribution in [3.05, 3.63) is 120 Å². The smallest absolute Gasteiger partial charge is 0.255 e. The van der Waals surface area contributed by atoms with Crippen LogP contribution in [-0.2, 0) is 10.0 Å². The van der Waals surface area contributed by atoms with Crippen molar-refractivity contribution < 1.29 is 22.0 Å². The van der Waals surface area contributed by atoms with Crippen LogP contribution >= 0.6 is 0 Å². The molecule has 6 nitrogen and oxygen atoms in total. The molecular weight excluding hydrogens is 527 g/mol. The topological polar surface area (TPSA) is 79.6 Å². The van der Waals surface area contributed by atoms with Crippen LogP contribution in [0.1, 0.15) is 15.9 Å². The number of carbonyl (C=O) groups is 1. The van der Waals surface area contributed by atoms with Gasteiger partial charge in [0.1, 0.15) is 17.2 Å². The molecule has 1 amide bonds. The van der Waals surface area contributed by atoms with Gasteiger partial charge in [0.05, 0.1) is 24.1 Å². The van der Waals surface area contributed by atoms with E-state index < -0.39 is 15.8 Å². The monoisotopic (exact) mass is 554 g/mol. The fourth-order valence-electron chi connectivity index (χ4n) is 4.60. The molecule has 202 valence electrons. The molecule has 5 rings (SSSR count). The number of fused-ring (bicyclic) bond motifs is 1. The van der Waals surface area contributed by atoms with Crippen LogP contribution in [0.15, 0.2) is 108 Å². The molecule has 0 radical (unpaired) electrons. The number of furan rings is 1. The highest BCUT2D eigenvalue weighted by Gasteiger charge is 2.27. The number of carbonyl (C=O) groups excluding carboxylic acids is 1. The molecule has 0 aliphatic rings. The Morgan fingerprint density at radius 2 is 1.57 bits per heavy atom. The molecule has 1 aromatic heterocycles. The first-order valence-corrected chi connectivity index (χ1v) is 14.4. The van der Waals surface area contributed by atoms with Crippen molar-refractivity contribution in [3.8, 4) is 22.5 Å². The maximum Gasteiger partial charge on any atom is 0.255 e. The summed E-state index contributed by atoms with van der Waals surface area (Å²) < 4.78 is 47.4. The number of nitrogens with zero attached hydrogens (tertiary/aromatic N) is 1. The lowest BCUT2D eigenvalue weighted by molar-refractivity contribution is 0.0964. The fourth-order valence-corrected chi connectivity index (χ4v) is 5.47. The Morgan fingerprint density at radius 1 is 0.925 bits per heavy atom.